The van der Waals surface area contributed by atoms with E-state index in [2.05, 4.69) is 15.1 Å². The number of aryl methyl sites for hydroxylation is 1. The van der Waals surface area contributed by atoms with E-state index in [4.69, 9.17) is 5.26 Å². The minimum Gasteiger partial charge on any atom is -0.272 e. The van der Waals surface area contributed by atoms with Crippen LogP contribution in [0.1, 0.15) is 52.5 Å². The first-order chi connectivity index (χ1) is 16.4. The lowest BCUT2D eigenvalue weighted by Crippen LogP contribution is -2.32. The molecule has 2 heterocycles. The van der Waals surface area contributed by atoms with Gasteiger partial charge in [-0.3, -0.25) is 19.6 Å². The Morgan fingerprint density at radius 3 is 2.59 bits per heavy atom. The third kappa shape index (κ3) is 4.43. The number of unbranched alkanes of at least 4 members (excludes halogenated alkanes) is 1. The number of nitrogens with zero attached hydrogens (tertiary/aromatic N) is 5. The Kier molecular flexibility index (Phi) is 6.50. The van der Waals surface area contributed by atoms with Crippen LogP contribution in [0.4, 0.5) is 10.3 Å². The molecule has 0 bridgehead atoms. The number of carbonyl (C=O) groups excluding carboxylic acids is 1. The van der Waals surface area contributed by atoms with Crippen LogP contribution in [0, 0.1) is 24.1 Å². The molecule has 0 radical (unpaired) electrons. The number of rotatable bonds is 7. The largest absolute Gasteiger partial charge is 0.277 e. The number of nitrogens with one attached hydrogen (secondary N) is 1. The van der Waals surface area contributed by atoms with Crippen molar-refractivity contribution in [2.24, 2.45) is 0 Å². The van der Waals surface area contributed by atoms with Gasteiger partial charge in [-0.1, -0.05) is 37.6 Å². The summed E-state index contributed by atoms with van der Waals surface area (Å²) in [5.41, 5.74) is 1.96. The number of benzene rings is 2. The molecule has 2 aromatic heterocycles. The van der Waals surface area contributed by atoms with Crippen molar-refractivity contribution < 1.29 is 9.18 Å². The van der Waals surface area contributed by atoms with Crippen molar-refractivity contribution in [2.75, 3.05) is 4.90 Å². The van der Waals surface area contributed by atoms with Gasteiger partial charge in [0.2, 0.25) is 5.95 Å². The zero-order valence-corrected chi connectivity index (χ0v) is 18.9. The molecule has 8 nitrogen and oxygen atoms in total. The summed E-state index contributed by atoms with van der Waals surface area (Å²) in [4.78, 5) is 36.6. The second-order valence-electron chi connectivity index (χ2n) is 7.95. The van der Waals surface area contributed by atoms with Crippen molar-refractivity contribution in [3.05, 3.63) is 92.6 Å². The maximum atomic E-state index is 14.5. The van der Waals surface area contributed by atoms with Crippen LogP contribution in [0.5, 0.6) is 0 Å². The number of hydrogen-bond donors (Lipinski definition) is 1. The molecule has 0 atom stereocenters. The zero-order chi connectivity index (χ0) is 24.2. The number of fused-ring (bicyclic) bond motifs is 1. The zero-order valence-electron chi connectivity index (χ0n) is 18.9. The lowest BCUT2D eigenvalue weighted by atomic mass is 10.1. The summed E-state index contributed by atoms with van der Waals surface area (Å²) >= 11 is 0. The number of amides is 1. The first-order valence-corrected chi connectivity index (χ1v) is 11.0. The predicted octanol–water partition coefficient (Wildman–Crippen LogP) is 3.93. The smallest absolute Gasteiger partial charge is 0.272 e. The van der Waals surface area contributed by atoms with Crippen molar-refractivity contribution in [1.29, 1.82) is 5.26 Å². The molecule has 0 saturated heterocycles. The number of aromatic nitrogens is 4. The molecule has 0 saturated carbocycles. The second-order valence-corrected chi connectivity index (χ2v) is 7.95. The Morgan fingerprint density at radius 2 is 1.91 bits per heavy atom. The SMILES string of the molecule is CCCCc1c(C)nc2nc(N(Cc3ccc(C#N)cc3)C(=O)c3ccccc3F)[nH]n2c1=O. The highest BCUT2D eigenvalue weighted by atomic mass is 19.1. The van der Waals surface area contributed by atoms with Gasteiger partial charge in [0.1, 0.15) is 5.82 Å². The summed E-state index contributed by atoms with van der Waals surface area (Å²) in [5, 5.41) is 11.9. The summed E-state index contributed by atoms with van der Waals surface area (Å²) in [7, 11) is 0. The first kappa shape index (κ1) is 22.9. The molecule has 4 aromatic rings. The standard InChI is InChI=1S/C25H23FN6O2/c1-3-4-7-19-16(2)28-24-29-25(30-32(24)23(19)34)31(15-18-12-10-17(14-27)11-13-18)22(33)20-8-5-6-9-21(20)26/h5-6,8-13H,3-4,7,15H2,1-2H3,(H,28,29,30). The van der Waals surface area contributed by atoms with E-state index >= 15 is 0 Å². The van der Waals surface area contributed by atoms with Crippen LogP contribution in [-0.2, 0) is 13.0 Å². The average Bonchev–Trinajstić information content (AvgIpc) is 3.26. The van der Waals surface area contributed by atoms with Crippen molar-refractivity contribution in [3.8, 4) is 6.07 Å². The van der Waals surface area contributed by atoms with Crippen LogP contribution < -0.4 is 10.5 Å². The predicted molar refractivity (Wildman–Crippen MR) is 125 cm³/mol. The Labute approximate surface area is 195 Å². The molecule has 4 rings (SSSR count). The highest BCUT2D eigenvalue weighted by Gasteiger charge is 2.25. The molecule has 0 spiro atoms. The van der Waals surface area contributed by atoms with Crippen molar-refractivity contribution in [3.63, 3.8) is 0 Å². The fourth-order valence-electron chi connectivity index (χ4n) is 3.70. The summed E-state index contributed by atoms with van der Waals surface area (Å²) in [6.45, 7) is 3.84. The molecule has 9 heteroatoms. The fourth-order valence-corrected chi connectivity index (χ4v) is 3.70. The molecule has 2 aromatic carbocycles. The quantitative estimate of drug-likeness (QED) is 0.452. The number of anilines is 1. The van der Waals surface area contributed by atoms with Crippen LogP contribution >= 0.6 is 0 Å². The van der Waals surface area contributed by atoms with Gasteiger partial charge in [0.05, 0.1) is 29.4 Å². The van der Waals surface area contributed by atoms with E-state index < -0.39 is 11.7 Å². The minimum absolute atomic E-state index is 0.0368. The highest BCUT2D eigenvalue weighted by molar-refractivity contribution is 6.05. The monoisotopic (exact) mass is 458 g/mol. The number of H-pyrrole nitrogens is 1. The number of nitriles is 1. The molecule has 0 unspecified atom stereocenters. The fraction of sp³-hybridized carbons (Fsp3) is 0.240. The maximum Gasteiger partial charge on any atom is 0.277 e. The van der Waals surface area contributed by atoms with E-state index in [-0.39, 0.29) is 29.4 Å². The minimum atomic E-state index is -0.665. The number of carbonyl (C=O) groups is 1. The summed E-state index contributed by atoms with van der Waals surface area (Å²) in [5.74, 6) is -1.10. The molecule has 0 aliphatic rings. The van der Waals surface area contributed by atoms with Gasteiger partial charge in [-0.2, -0.15) is 14.8 Å². The van der Waals surface area contributed by atoms with Gasteiger partial charge in [-0.25, -0.2) is 9.37 Å². The first-order valence-electron chi connectivity index (χ1n) is 11.0. The van der Waals surface area contributed by atoms with Crippen LogP contribution in [0.15, 0.2) is 53.3 Å². The topological polar surface area (TPSA) is 107 Å². The van der Waals surface area contributed by atoms with Crippen LogP contribution in [0.3, 0.4) is 0 Å². The van der Waals surface area contributed by atoms with Gasteiger partial charge >= 0.3 is 0 Å². The van der Waals surface area contributed by atoms with Crippen LogP contribution in [0.2, 0.25) is 0 Å². The molecule has 1 amide bonds. The van der Waals surface area contributed by atoms with Gasteiger partial charge in [0, 0.05) is 5.56 Å². The van der Waals surface area contributed by atoms with Gasteiger partial charge in [0.15, 0.2) is 0 Å². The summed E-state index contributed by atoms with van der Waals surface area (Å²) < 4.78 is 15.7. The molecule has 1 N–H and O–H groups in total. The van der Waals surface area contributed by atoms with E-state index in [0.717, 1.165) is 12.8 Å². The lowest BCUT2D eigenvalue weighted by molar-refractivity contribution is 0.0979. The van der Waals surface area contributed by atoms with Crippen molar-refractivity contribution in [1.82, 2.24) is 19.6 Å². The van der Waals surface area contributed by atoms with E-state index in [1.54, 1.807) is 37.3 Å². The molecule has 172 valence electrons. The van der Waals surface area contributed by atoms with Gasteiger partial charge < -0.3 is 0 Å². The van der Waals surface area contributed by atoms with Gasteiger partial charge in [0.25, 0.3) is 17.2 Å². The van der Waals surface area contributed by atoms with E-state index in [0.29, 0.717) is 28.8 Å². The van der Waals surface area contributed by atoms with E-state index in [1.807, 2.05) is 13.0 Å². The summed E-state index contributed by atoms with van der Waals surface area (Å²) in [6.07, 6.45) is 2.38. The third-order valence-electron chi connectivity index (χ3n) is 5.59. The lowest BCUT2D eigenvalue weighted by Gasteiger charge is -2.20. The Hall–Kier alpha value is -4.32. The van der Waals surface area contributed by atoms with Crippen LogP contribution in [-0.4, -0.2) is 25.5 Å². The normalized spacial score (nSPS) is 10.9. The van der Waals surface area contributed by atoms with Crippen molar-refractivity contribution in [2.45, 2.75) is 39.7 Å². The Morgan fingerprint density at radius 1 is 1.18 bits per heavy atom. The molecule has 0 aliphatic heterocycles. The second kappa shape index (κ2) is 9.67. The molecule has 34 heavy (non-hydrogen) atoms. The maximum absolute atomic E-state index is 14.5. The molecule has 0 aliphatic carbocycles. The number of halogens is 1. The average molecular weight is 458 g/mol. The van der Waals surface area contributed by atoms with Gasteiger partial charge in [-0.15, -0.1) is 0 Å². The highest BCUT2D eigenvalue weighted by Crippen LogP contribution is 2.20. The Bertz CT molecular complexity index is 1450. The molecular formula is C25H23FN6O2. The number of hydrogen-bond acceptors (Lipinski definition) is 5. The molecular weight excluding hydrogens is 435 g/mol. The van der Waals surface area contributed by atoms with E-state index in [1.165, 1.54) is 27.6 Å². The van der Waals surface area contributed by atoms with Gasteiger partial charge in [-0.05, 0) is 49.6 Å². The number of aromatic amines is 1. The molecule has 0 fully saturated rings. The third-order valence-corrected chi connectivity index (χ3v) is 5.59. The van der Waals surface area contributed by atoms with Crippen molar-refractivity contribution >= 4 is 17.6 Å². The van der Waals surface area contributed by atoms with Crippen LogP contribution in [0.25, 0.3) is 5.78 Å². The summed E-state index contributed by atoms with van der Waals surface area (Å²) in [6, 6.07) is 14.4. The van der Waals surface area contributed by atoms with E-state index in [9.17, 15) is 14.0 Å². The Balaban J connectivity index is 1.81.